The normalized spacial score (nSPS) is 18.1. The summed E-state index contributed by atoms with van der Waals surface area (Å²) >= 11 is 5.82. The predicted molar refractivity (Wildman–Crippen MR) is 50.1 cm³/mol. The van der Waals surface area contributed by atoms with Crippen LogP contribution < -0.4 is 11.3 Å². The van der Waals surface area contributed by atoms with Gasteiger partial charge in [-0.1, -0.05) is 11.6 Å². The van der Waals surface area contributed by atoms with Gasteiger partial charge in [0.1, 0.15) is 6.61 Å². The van der Waals surface area contributed by atoms with Crippen LogP contribution in [-0.4, -0.2) is 5.84 Å². The van der Waals surface area contributed by atoms with Gasteiger partial charge in [-0.2, -0.15) is 5.10 Å². The Morgan fingerprint density at radius 2 is 2.38 bits per heavy atom. The van der Waals surface area contributed by atoms with Gasteiger partial charge in [-0.25, -0.2) is 5.48 Å². The first-order valence-corrected chi connectivity index (χ1v) is 4.13. The molecule has 0 unspecified atom stereocenters. The smallest absolute Gasteiger partial charge is 0.176 e. The van der Waals surface area contributed by atoms with E-state index in [1.807, 2.05) is 12.1 Å². The highest BCUT2D eigenvalue weighted by molar-refractivity contribution is 6.30. The molecule has 0 aromatic heterocycles. The maximum Gasteiger partial charge on any atom is 0.176 e. The van der Waals surface area contributed by atoms with Gasteiger partial charge in [-0.15, -0.1) is 0 Å². The molecule has 2 rings (SSSR count). The highest BCUT2D eigenvalue weighted by atomic mass is 35.5. The largest absolute Gasteiger partial charge is 0.321 e. The summed E-state index contributed by atoms with van der Waals surface area (Å²) < 4.78 is 0. The summed E-state index contributed by atoms with van der Waals surface area (Å²) in [4.78, 5) is 5.04. The summed E-state index contributed by atoms with van der Waals surface area (Å²) in [6, 6.07) is 5.49. The zero-order chi connectivity index (χ0) is 9.26. The molecule has 0 amide bonds. The van der Waals surface area contributed by atoms with Gasteiger partial charge in [0.25, 0.3) is 0 Å². The van der Waals surface area contributed by atoms with E-state index in [1.165, 1.54) is 0 Å². The molecular weight excluding hydrogens is 190 g/mol. The van der Waals surface area contributed by atoms with Gasteiger partial charge < -0.3 is 5.84 Å². The Bertz CT molecular complexity index is 364. The first kappa shape index (κ1) is 8.34. The van der Waals surface area contributed by atoms with Gasteiger partial charge >= 0.3 is 0 Å². The van der Waals surface area contributed by atoms with Gasteiger partial charge in [-0.3, -0.25) is 4.84 Å². The third-order valence-electron chi connectivity index (χ3n) is 1.85. The first-order valence-electron chi connectivity index (χ1n) is 3.76. The number of rotatable bonds is 0. The van der Waals surface area contributed by atoms with E-state index in [1.54, 1.807) is 6.07 Å². The van der Waals surface area contributed by atoms with Crippen LogP contribution in [0, 0.1) is 0 Å². The minimum absolute atomic E-state index is 0.467. The number of amidine groups is 1. The molecule has 0 aliphatic carbocycles. The summed E-state index contributed by atoms with van der Waals surface area (Å²) in [5.74, 6) is 5.69. The first-order chi connectivity index (χ1) is 6.31. The maximum absolute atomic E-state index is 5.82. The van der Waals surface area contributed by atoms with Crippen molar-refractivity contribution in [2.75, 3.05) is 0 Å². The number of hydrazone groups is 1. The average Bonchev–Trinajstić information content (AvgIpc) is 2.16. The Hall–Kier alpha value is -1.26. The van der Waals surface area contributed by atoms with Crippen LogP contribution in [0.2, 0.25) is 5.02 Å². The number of nitrogens with one attached hydrogen (secondary N) is 1. The van der Waals surface area contributed by atoms with E-state index in [0.29, 0.717) is 17.5 Å². The SMILES string of the molecule is NN=C1NOCc2cc(Cl)ccc21. The molecule has 1 heterocycles. The molecule has 0 spiro atoms. The van der Waals surface area contributed by atoms with Crippen molar-refractivity contribution in [3.63, 3.8) is 0 Å². The second-order valence-corrected chi connectivity index (χ2v) is 3.11. The van der Waals surface area contributed by atoms with E-state index in [-0.39, 0.29) is 0 Å². The fourth-order valence-electron chi connectivity index (χ4n) is 1.25. The minimum Gasteiger partial charge on any atom is -0.321 e. The van der Waals surface area contributed by atoms with Crippen molar-refractivity contribution < 1.29 is 4.84 Å². The van der Waals surface area contributed by atoms with Crippen LogP contribution in [0.3, 0.4) is 0 Å². The molecule has 4 nitrogen and oxygen atoms in total. The standard InChI is InChI=1S/C8H8ClN3O/c9-6-1-2-7-5(3-6)4-13-12-8(7)11-10/h1-3H,4,10H2,(H,11,12). The Morgan fingerprint density at radius 3 is 3.15 bits per heavy atom. The lowest BCUT2D eigenvalue weighted by molar-refractivity contribution is 0.0650. The van der Waals surface area contributed by atoms with Crippen molar-refractivity contribution in [2.24, 2.45) is 10.9 Å². The number of hydroxylamine groups is 1. The lowest BCUT2D eigenvalue weighted by atomic mass is 10.1. The van der Waals surface area contributed by atoms with Crippen LogP contribution in [-0.2, 0) is 11.4 Å². The summed E-state index contributed by atoms with van der Waals surface area (Å²) in [6.07, 6.45) is 0. The Labute approximate surface area is 80.3 Å². The topological polar surface area (TPSA) is 59.6 Å². The van der Waals surface area contributed by atoms with Crippen LogP contribution in [0.25, 0.3) is 0 Å². The number of benzene rings is 1. The molecule has 3 N–H and O–H groups in total. The molecule has 0 saturated heterocycles. The van der Waals surface area contributed by atoms with Crippen molar-refractivity contribution >= 4 is 17.4 Å². The molecule has 13 heavy (non-hydrogen) atoms. The fourth-order valence-corrected chi connectivity index (χ4v) is 1.44. The quantitative estimate of drug-likeness (QED) is 0.482. The minimum atomic E-state index is 0.467. The number of hydrogen-bond donors (Lipinski definition) is 2. The number of hydrogen-bond acceptors (Lipinski definition) is 3. The molecule has 1 aromatic carbocycles. The Kier molecular flexibility index (Phi) is 2.08. The van der Waals surface area contributed by atoms with Crippen LogP contribution in [0.1, 0.15) is 11.1 Å². The van der Waals surface area contributed by atoms with Crippen molar-refractivity contribution in [1.82, 2.24) is 5.48 Å². The van der Waals surface area contributed by atoms with Gasteiger partial charge in [0.2, 0.25) is 0 Å². The van der Waals surface area contributed by atoms with Gasteiger partial charge in [0.05, 0.1) is 0 Å². The van der Waals surface area contributed by atoms with E-state index in [2.05, 4.69) is 10.6 Å². The molecule has 0 atom stereocenters. The zero-order valence-corrected chi connectivity index (χ0v) is 7.51. The van der Waals surface area contributed by atoms with Gasteiger partial charge in [0.15, 0.2) is 5.84 Å². The van der Waals surface area contributed by atoms with Gasteiger partial charge in [0, 0.05) is 10.6 Å². The number of nitrogens with zero attached hydrogens (tertiary/aromatic N) is 1. The van der Waals surface area contributed by atoms with Crippen LogP contribution in [0.4, 0.5) is 0 Å². The van der Waals surface area contributed by atoms with Gasteiger partial charge in [-0.05, 0) is 23.8 Å². The second-order valence-electron chi connectivity index (χ2n) is 2.67. The second kappa shape index (κ2) is 3.24. The average molecular weight is 198 g/mol. The molecular formula is C8H8ClN3O. The van der Waals surface area contributed by atoms with E-state index >= 15 is 0 Å². The van der Waals surface area contributed by atoms with Crippen molar-refractivity contribution in [2.45, 2.75) is 6.61 Å². The molecule has 5 heteroatoms. The van der Waals surface area contributed by atoms with Crippen LogP contribution in [0.15, 0.2) is 23.3 Å². The maximum atomic E-state index is 5.82. The fraction of sp³-hybridized carbons (Fsp3) is 0.125. The lowest BCUT2D eigenvalue weighted by Gasteiger charge is -2.18. The number of fused-ring (bicyclic) bond motifs is 1. The van der Waals surface area contributed by atoms with E-state index in [4.69, 9.17) is 22.3 Å². The molecule has 0 saturated carbocycles. The Morgan fingerprint density at radius 1 is 1.54 bits per heavy atom. The molecule has 68 valence electrons. The highest BCUT2D eigenvalue weighted by Gasteiger charge is 2.15. The summed E-state index contributed by atoms with van der Waals surface area (Å²) in [6.45, 7) is 0.467. The lowest BCUT2D eigenvalue weighted by Crippen LogP contribution is -2.31. The predicted octanol–water partition coefficient (Wildman–Crippen LogP) is 0.995. The molecule has 0 radical (unpaired) electrons. The molecule has 0 bridgehead atoms. The number of nitrogens with two attached hydrogens (primary N) is 1. The molecule has 1 aromatic rings. The molecule has 1 aliphatic rings. The summed E-state index contributed by atoms with van der Waals surface area (Å²) in [5.41, 5.74) is 4.54. The number of halogens is 1. The summed E-state index contributed by atoms with van der Waals surface area (Å²) in [7, 11) is 0. The summed E-state index contributed by atoms with van der Waals surface area (Å²) in [5, 5.41) is 4.24. The molecule has 1 aliphatic heterocycles. The van der Waals surface area contributed by atoms with Crippen LogP contribution in [0.5, 0.6) is 0 Å². The van der Waals surface area contributed by atoms with E-state index in [9.17, 15) is 0 Å². The Balaban J connectivity index is 2.52. The van der Waals surface area contributed by atoms with Crippen molar-refractivity contribution in [3.05, 3.63) is 34.3 Å². The third-order valence-corrected chi connectivity index (χ3v) is 2.08. The monoisotopic (exact) mass is 197 g/mol. The molecule has 0 fully saturated rings. The zero-order valence-electron chi connectivity index (χ0n) is 6.75. The van der Waals surface area contributed by atoms with Crippen LogP contribution >= 0.6 is 11.6 Å². The third kappa shape index (κ3) is 1.46. The highest BCUT2D eigenvalue weighted by Crippen LogP contribution is 2.19. The van der Waals surface area contributed by atoms with Crippen molar-refractivity contribution in [1.29, 1.82) is 0 Å². The van der Waals surface area contributed by atoms with E-state index < -0.39 is 0 Å². The van der Waals surface area contributed by atoms with E-state index in [0.717, 1.165) is 11.1 Å². The van der Waals surface area contributed by atoms with Crippen molar-refractivity contribution in [3.8, 4) is 0 Å².